The molecule has 36 heavy (non-hydrogen) atoms. The summed E-state index contributed by atoms with van der Waals surface area (Å²) in [6.07, 6.45) is 1.99. The van der Waals surface area contributed by atoms with E-state index >= 15 is 0 Å². The minimum absolute atomic E-state index is 0.0332. The van der Waals surface area contributed by atoms with E-state index in [9.17, 15) is 9.59 Å². The Balaban J connectivity index is 1.17. The molecule has 2 aromatic rings. The van der Waals surface area contributed by atoms with Crippen LogP contribution in [0.2, 0.25) is 0 Å². The lowest BCUT2D eigenvalue weighted by molar-refractivity contribution is -0.136. The van der Waals surface area contributed by atoms with Gasteiger partial charge in [-0.05, 0) is 42.6 Å². The number of likely N-dealkylation sites (tertiary alicyclic amines) is 1. The van der Waals surface area contributed by atoms with Gasteiger partial charge in [0.05, 0.1) is 18.9 Å². The fourth-order valence-electron chi connectivity index (χ4n) is 4.97. The highest BCUT2D eigenvalue weighted by Crippen LogP contribution is 2.18. The Morgan fingerprint density at radius 3 is 2.33 bits per heavy atom. The van der Waals surface area contributed by atoms with Gasteiger partial charge in [-0.15, -0.1) is 0 Å². The highest BCUT2D eigenvalue weighted by atomic mass is 16.5. The molecule has 1 atom stereocenters. The van der Waals surface area contributed by atoms with Crippen molar-refractivity contribution in [2.75, 3.05) is 52.4 Å². The molecule has 2 saturated heterocycles. The van der Waals surface area contributed by atoms with Crippen LogP contribution in [-0.4, -0.2) is 78.9 Å². The maximum Gasteiger partial charge on any atom is 0.226 e. The largest absolute Gasteiger partial charge is 0.493 e. The monoisotopic (exact) mass is 492 g/mol. The van der Waals surface area contributed by atoms with E-state index in [2.05, 4.69) is 46.3 Å². The molecule has 2 aliphatic heterocycles. The fraction of sp³-hybridized carbons (Fsp3) is 0.517. The summed E-state index contributed by atoms with van der Waals surface area (Å²) in [5.74, 6) is 0.698. The van der Waals surface area contributed by atoms with E-state index in [1.165, 1.54) is 5.56 Å². The molecule has 4 rings (SSSR count). The van der Waals surface area contributed by atoms with Crippen LogP contribution in [0, 0.1) is 5.92 Å². The van der Waals surface area contributed by atoms with Crippen molar-refractivity contribution >= 4 is 11.8 Å². The molecule has 194 valence electrons. The lowest BCUT2D eigenvalue weighted by Crippen LogP contribution is -2.45. The molecular formula is C29H40N4O3. The number of carbonyl (C=O) groups is 2. The maximum atomic E-state index is 12.8. The summed E-state index contributed by atoms with van der Waals surface area (Å²) in [6.45, 7) is 10.9. The minimum Gasteiger partial charge on any atom is -0.493 e. The number of likely N-dealkylation sites (N-methyl/N-ethyl adjacent to an activating group) is 1. The first-order valence-corrected chi connectivity index (χ1v) is 13.4. The lowest BCUT2D eigenvalue weighted by atomic mass is 9.96. The zero-order valence-electron chi connectivity index (χ0n) is 21.5. The van der Waals surface area contributed by atoms with Gasteiger partial charge in [-0.3, -0.25) is 14.5 Å². The van der Waals surface area contributed by atoms with Crippen molar-refractivity contribution in [3.63, 3.8) is 0 Å². The van der Waals surface area contributed by atoms with Crippen LogP contribution in [-0.2, 0) is 22.7 Å². The topological polar surface area (TPSA) is 65.1 Å². The molecule has 2 fully saturated rings. The average Bonchev–Trinajstić information content (AvgIpc) is 2.93. The van der Waals surface area contributed by atoms with E-state index in [0.29, 0.717) is 32.7 Å². The number of ether oxygens (including phenoxy) is 1. The van der Waals surface area contributed by atoms with Gasteiger partial charge in [0.25, 0.3) is 0 Å². The molecule has 0 radical (unpaired) electrons. The van der Waals surface area contributed by atoms with Crippen LogP contribution in [0.4, 0.5) is 0 Å². The molecule has 0 aliphatic carbocycles. The van der Waals surface area contributed by atoms with Crippen LogP contribution in [0.3, 0.4) is 0 Å². The van der Waals surface area contributed by atoms with E-state index < -0.39 is 0 Å². The molecule has 2 heterocycles. The van der Waals surface area contributed by atoms with Crippen molar-refractivity contribution < 1.29 is 14.3 Å². The van der Waals surface area contributed by atoms with Gasteiger partial charge in [0.1, 0.15) is 5.75 Å². The van der Waals surface area contributed by atoms with Gasteiger partial charge >= 0.3 is 0 Å². The summed E-state index contributed by atoms with van der Waals surface area (Å²) in [5, 5.41) is 3.09. The molecule has 0 aromatic heterocycles. The number of nitrogens with zero attached hydrogens (tertiary/aromatic N) is 3. The number of rotatable bonds is 10. The van der Waals surface area contributed by atoms with Gasteiger partial charge in [-0.2, -0.15) is 0 Å². The van der Waals surface area contributed by atoms with Gasteiger partial charge in [0.2, 0.25) is 11.8 Å². The third-order valence-electron chi connectivity index (χ3n) is 7.28. The van der Waals surface area contributed by atoms with Crippen molar-refractivity contribution in [3.05, 3.63) is 65.7 Å². The van der Waals surface area contributed by atoms with E-state index in [1.54, 1.807) is 0 Å². The molecule has 2 amide bonds. The third kappa shape index (κ3) is 7.80. The molecule has 2 aliphatic rings. The standard InChI is InChI=1S/C29H40N4O3/c1-2-31-16-18-32(19-17-31)22-25-12-10-24(11-13-25)21-30-29(35)26-7-6-15-33(23-26)28(34)14-20-36-27-8-4-3-5-9-27/h3-5,8-13,26H,2,6-7,14-23H2,1H3,(H,30,35). The van der Waals surface area contributed by atoms with E-state index in [4.69, 9.17) is 4.74 Å². The molecule has 2 aromatic carbocycles. The quantitative estimate of drug-likeness (QED) is 0.552. The number of hydrogen-bond acceptors (Lipinski definition) is 5. The number of benzene rings is 2. The first-order valence-electron chi connectivity index (χ1n) is 13.4. The Bertz CT molecular complexity index is 958. The number of para-hydroxylation sites is 1. The zero-order chi connectivity index (χ0) is 25.2. The van der Waals surface area contributed by atoms with E-state index in [-0.39, 0.29) is 17.7 Å². The van der Waals surface area contributed by atoms with Crippen molar-refractivity contribution in [3.8, 4) is 5.75 Å². The molecular weight excluding hydrogens is 452 g/mol. The van der Waals surface area contributed by atoms with Gasteiger partial charge in [0.15, 0.2) is 0 Å². The number of nitrogens with one attached hydrogen (secondary N) is 1. The van der Waals surface area contributed by atoms with Gasteiger partial charge in [0, 0.05) is 52.4 Å². The highest BCUT2D eigenvalue weighted by Gasteiger charge is 2.28. The normalized spacial score (nSPS) is 19.1. The summed E-state index contributed by atoms with van der Waals surface area (Å²) < 4.78 is 5.66. The molecule has 0 bridgehead atoms. The van der Waals surface area contributed by atoms with Gasteiger partial charge in [-0.1, -0.05) is 49.4 Å². The van der Waals surface area contributed by atoms with E-state index in [0.717, 1.165) is 63.4 Å². The Kier molecular flexibility index (Phi) is 9.76. The number of piperazine rings is 1. The lowest BCUT2D eigenvalue weighted by Gasteiger charge is -2.34. The summed E-state index contributed by atoms with van der Waals surface area (Å²) in [6, 6.07) is 18.1. The first kappa shape index (κ1) is 26.2. The van der Waals surface area contributed by atoms with E-state index in [1.807, 2.05) is 35.2 Å². The van der Waals surface area contributed by atoms with Crippen LogP contribution >= 0.6 is 0 Å². The first-order chi connectivity index (χ1) is 17.6. The average molecular weight is 493 g/mol. The van der Waals surface area contributed by atoms with Gasteiger partial charge in [-0.25, -0.2) is 0 Å². The summed E-state index contributed by atoms with van der Waals surface area (Å²) >= 11 is 0. The Morgan fingerprint density at radius 1 is 0.917 bits per heavy atom. The fourth-order valence-corrected chi connectivity index (χ4v) is 4.97. The molecule has 7 heteroatoms. The predicted octanol–water partition coefficient (Wildman–Crippen LogP) is 3.15. The second-order valence-corrected chi connectivity index (χ2v) is 9.84. The summed E-state index contributed by atoms with van der Waals surface area (Å²) in [5.41, 5.74) is 2.41. The number of carbonyl (C=O) groups excluding carboxylic acids is 2. The minimum atomic E-state index is -0.154. The number of hydrogen-bond donors (Lipinski definition) is 1. The molecule has 0 saturated carbocycles. The summed E-state index contributed by atoms with van der Waals surface area (Å²) in [7, 11) is 0. The molecule has 7 nitrogen and oxygen atoms in total. The van der Waals surface area contributed by atoms with Gasteiger partial charge < -0.3 is 19.9 Å². The van der Waals surface area contributed by atoms with Crippen LogP contribution in [0.25, 0.3) is 0 Å². The highest BCUT2D eigenvalue weighted by molar-refractivity contribution is 5.81. The van der Waals surface area contributed by atoms with Crippen molar-refractivity contribution in [1.82, 2.24) is 20.0 Å². The maximum absolute atomic E-state index is 12.8. The predicted molar refractivity (Wildman–Crippen MR) is 142 cm³/mol. The van der Waals surface area contributed by atoms with Crippen LogP contribution in [0.15, 0.2) is 54.6 Å². The number of piperidine rings is 1. The second-order valence-electron chi connectivity index (χ2n) is 9.84. The summed E-state index contributed by atoms with van der Waals surface area (Å²) in [4.78, 5) is 32.3. The zero-order valence-corrected chi connectivity index (χ0v) is 21.5. The number of amides is 2. The van der Waals surface area contributed by atoms with Crippen LogP contribution in [0.1, 0.15) is 37.3 Å². The second kappa shape index (κ2) is 13.4. The third-order valence-corrected chi connectivity index (χ3v) is 7.28. The van der Waals surface area contributed by atoms with Crippen molar-refractivity contribution in [2.24, 2.45) is 5.92 Å². The molecule has 0 spiro atoms. The van der Waals surface area contributed by atoms with Crippen LogP contribution in [0.5, 0.6) is 5.75 Å². The van der Waals surface area contributed by atoms with Crippen molar-refractivity contribution in [2.45, 2.75) is 39.3 Å². The Morgan fingerprint density at radius 2 is 1.61 bits per heavy atom. The Labute approximate surface area is 215 Å². The van der Waals surface area contributed by atoms with Crippen molar-refractivity contribution in [1.29, 1.82) is 0 Å². The molecule has 1 N–H and O–H groups in total. The van der Waals surface area contributed by atoms with Crippen LogP contribution < -0.4 is 10.1 Å². The Hall–Kier alpha value is -2.90. The molecule has 1 unspecified atom stereocenters. The smallest absolute Gasteiger partial charge is 0.226 e. The SMILES string of the molecule is CCN1CCN(Cc2ccc(CNC(=O)C3CCCN(C(=O)CCOc4ccccc4)C3)cc2)CC1.